The molecule has 7 nitrogen and oxygen atoms in total. The van der Waals surface area contributed by atoms with Gasteiger partial charge < -0.3 is 9.15 Å². The molecule has 0 aliphatic carbocycles. The maximum absolute atomic E-state index is 12.5. The number of benzene rings is 2. The predicted molar refractivity (Wildman–Crippen MR) is 113 cm³/mol. The lowest BCUT2D eigenvalue weighted by Crippen LogP contribution is -2.35. The average Bonchev–Trinajstić information content (AvgIpc) is 3.25. The van der Waals surface area contributed by atoms with Gasteiger partial charge in [0.25, 0.3) is 0 Å². The van der Waals surface area contributed by atoms with E-state index >= 15 is 0 Å². The number of sulfonamides is 1. The van der Waals surface area contributed by atoms with Gasteiger partial charge in [0.1, 0.15) is 0 Å². The van der Waals surface area contributed by atoms with E-state index in [1.165, 1.54) is 18.4 Å². The van der Waals surface area contributed by atoms with Gasteiger partial charge in [0.05, 0.1) is 10.3 Å². The summed E-state index contributed by atoms with van der Waals surface area (Å²) in [6, 6.07) is 14.2. The number of rotatable bonds is 5. The smallest absolute Gasteiger partial charge is 0.247 e. The van der Waals surface area contributed by atoms with Gasteiger partial charge in [0.15, 0.2) is 0 Å². The molecule has 1 fully saturated rings. The highest BCUT2D eigenvalue weighted by Crippen LogP contribution is 2.42. The van der Waals surface area contributed by atoms with E-state index in [1.54, 1.807) is 24.3 Å². The molecule has 0 atom stereocenters. The lowest BCUT2D eigenvalue weighted by atomic mass is 9.74. The maximum atomic E-state index is 12.5. The Morgan fingerprint density at radius 3 is 2.47 bits per heavy atom. The Morgan fingerprint density at radius 1 is 1.03 bits per heavy atom. The number of ether oxygens (including phenoxy) is 1. The quantitative estimate of drug-likeness (QED) is 0.592. The monoisotopic (exact) mass is 447 g/mol. The van der Waals surface area contributed by atoms with Gasteiger partial charge in [-0.15, -0.1) is 10.2 Å². The number of hydrogen-bond acceptors (Lipinski definition) is 6. The van der Waals surface area contributed by atoms with Crippen LogP contribution in [0, 0.1) is 0 Å². The van der Waals surface area contributed by atoms with Crippen molar-refractivity contribution in [3.63, 3.8) is 0 Å². The van der Waals surface area contributed by atoms with E-state index in [0.29, 0.717) is 42.5 Å². The fourth-order valence-electron chi connectivity index (χ4n) is 3.67. The zero-order chi connectivity index (χ0) is 21.4. The van der Waals surface area contributed by atoms with Crippen molar-refractivity contribution < 1.29 is 17.6 Å². The Balaban J connectivity index is 1.76. The molecule has 0 radical (unpaired) electrons. The predicted octanol–water partition coefficient (Wildman–Crippen LogP) is 3.74. The summed E-state index contributed by atoms with van der Waals surface area (Å²) in [6.07, 6.45) is 1.37. The second-order valence-electron chi connectivity index (χ2n) is 7.43. The Bertz CT molecular complexity index is 1150. The summed E-state index contributed by atoms with van der Waals surface area (Å²) < 4.78 is 37.8. The third kappa shape index (κ3) is 3.76. The van der Waals surface area contributed by atoms with Crippen LogP contribution in [0.3, 0.4) is 0 Å². The first-order chi connectivity index (χ1) is 14.3. The molecule has 1 aromatic heterocycles. The van der Waals surface area contributed by atoms with E-state index in [1.807, 2.05) is 24.3 Å². The van der Waals surface area contributed by atoms with E-state index in [-0.39, 0.29) is 10.8 Å². The molecule has 0 saturated carbocycles. The zero-order valence-corrected chi connectivity index (χ0v) is 18.3. The molecule has 4 rings (SSSR count). The third-order valence-electron chi connectivity index (χ3n) is 5.42. The molecule has 0 unspecified atom stereocenters. The molecule has 1 aliphatic heterocycles. The van der Waals surface area contributed by atoms with Crippen molar-refractivity contribution in [1.29, 1.82) is 0 Å². The van der Waals surface area contributed by atoms with E-state index < -0.39 is 15.4 Å². The van der Waals surface area contributed by atoms with E-state index in [4.69, 9.17) is 20.8 Å². The molecule has 2 aromatic carbocycles. The molecular formula is C21H22ClN3O4S. The highest BCUT2D eigenvalue weighted by molar-refractivity contribution is 7.89. The molecule has 30 heavy (non-hydrogen) atoms. The normalized spacial score (nSPS) is 16.7. The van der Waals surface area contributed by atoms with Crippen LogP contribution in [0.15, 0.2) is 57.8 Å². The standard InChI is InChI=1S/C21H22ClN3O4S/c1-25(2)30(26,27)18-8-3-5-15(13-18)19-23-24-20(29-19)21(9-11-28-12-10-21)16-6-4-7-17(22)14-16/h3-8,13-14H,9-12H2,1-2H3. The highest BCUT2D eigenvalue weighted by Gasteiger charge is 2.41. The number of hydrogen-bond donors (Lipinski definition) is 0. The second kappa shape index (κ2) is 8.11. The van der Waals surface area contributed by atoms with Crippen molar-refractivity contribution in [2.24, 2.45) is 0 Å². The fraction of sp³-hybridized carbons (Fsp3) is 0.333. The van der Waals surface area contributed by atoms with Gasteiger partial charge in [-0.3, -0.25) is 0 Å². The van der Waals surface area contributed by atoms with Crippen LogP contribution in [0.1, 0.15) is 24.3 Å². The summed E-state index contributed by atoms with van der Waals surface area (Å²) in [5, 5.41) is 9.21. The topological polar surface area (TPSA) is 85.5 Å². The van der Waals surface area contributed by atoms with Crippen LogP contribution in [-0.4, -0.2) is 50.2 Å². The number of halogens is 1. The minimum atomic E-state index is -3.57. The van der Waals surface area contributed by atoms with Crippen LogP contribution in [0.2, 0.25) is 5.02 Å². The summed E-state index contributed by atoms with van der Waals surface area (Å²) in [5.41, 5.74) is 1.05. The van der Waals surface area contributed by atoms with Crippen molar-refractivity contribution >= 4 is 21.6 Å². The molecule has 2 heterocycles. The molecule has 9 heteroatoms. The Morgan fingerprint density at radius 2 is 1.77 bits per heavy atom. The summed E-state index contributed by atoms with van der Waals surface area (Å²) in [5.74, 6) is 0.748. The highest BCUT2D eigenvalue weighted by atomic mass is 35.5. The van der Waals surface area contributed by atoms with Crippen molar-refractivity contribution in [1.82, 2.24) is 14.5 Å². The molecule has 1 saturated heterocycles. The van der Waals surface area contributed by atoms with Gasteiger partial charge in [-0.25, -0.2) is 12.7 Å². The molecule has 158 valence electrons. The molecule has 1 aliphatic rings. The summed E-state index contributed by atoms with van der Waals surface area (Å²) in [7, 11) is -0.583. The molecular weight excluding hydrogens is 426 g/mol. The second-order valence-corrected chi connectivity index (χ2v) is 10.0. The number of nitrogens with zero attached hydrogens (tertiary/aromatic N) is 3. The first-order valence-electron chi connectivity index (χ1n) is 9.54. The van der Waals surface area contributed by atoms with Gasteiger partial charge in [0, 0.05) is 37.9 Å². The van der Waals surface area contributed by atoms with E-state index in [0.717, 1.165) is 5.56 Å². The lowest BCUT2D eigenvalue weighted by molar-refractivity contribution is 0.0546. The minimum Gasteiger partial charge on any atom is -0.420 e. The van der Waals surface area contributed by atoms with Gasteiger partial charge in [-0.2, -0.15) is 0 Å². The van der Waals surface area contributed by atoms with Gasteiger partial charge in [-0.1, -0.05) is 29.8 Å². The van der Waals surface area contributed by atoms with Crippen LogP contribution >= 0.6 is 11.6 Å². The van der Waals surface area contributed by atoms with Crippen LogP contribution in [0.4, 0.5) is 0 Å². The molecule has 0 N–H and O–H groups in total. The molecule has 0 bridgehead atoms. The zero-order valence-electron chi connectivity index (χ0n) is 16.7. The Labute approximate surface area is 180 Å². The van der Waals surface area contributed by atoms with Crippen LogP contribution in [-0.2, 0) is 20.2 Å². The molecule has 0 spiro atoms. The lowest BCUT2D eigenvalue weighted by Gasteiger charge is -2.34. The van der Waals surface area contributed by atoms with Crippen LogP contribution in [0.25, 0.3) is 11.5 Å². The minimum absolute atomic E-state index is 0.167. The van der Waals surface area contributed by atoms with Crippen molar-refractivity contribution in [3.05, 3.63) is 65.0 Å². The van der Waals surface area contributed by atoms with Gasteiger partial charge in [-0.05, 0) is 48.7 Å². The molecule has 0 amide bonds. The van der Waals surface area contributed by atoms with Crippen molar-refractivity contribution in [2.45, 2.75) is 23.2 Å². The summed E-state index contributed by atoms with van der Waals surface area (Å²) >= 11 is 6.24. The van der Waals surface area contributed by atoms with Gasteiger partial charge in [0.2, 0.25) is 21.8 Å². The van der Waals surface area contributed by atoms with Crippen LogP contribution < -0.4 is 0 Å². The Kier molecular flexibility index (Phi) is 5.67. The summed E-state index contributed by atoms with van der Waals surface area (Å²) in [6.45, 7) is 1.14. The largest absolute Gasteiger partial charge is 0.420 e. The van der Waals surface area contributed by atoms with Gasteiger partial charge >= 0.3 is 0 Å². The molecule has 3 aromatic rings. The van der Waals surface area contributed by atoms with Crippen molar-refractivity contribution in [2.75, 3.05) is 27.3 Å². The van der Waals surface area contributed by atoms with Crippen LogP contribution in [0.5, 0.6) is 0 Å². The van der Waals surface area contributed by atoms with Crippen molar-refractivity contribution in [3.8, 4) is 11.5 Å². The first kappa shape index (κ1) is 21.0. The van der Waals surface area contributed by atoms with E-state index in [9.17, 15) is 8.42 Å². The first-order valence-corrected chi connectivity index (χ1v) is 11.4. The summed E-state index contributed by atoms with van der Waals surface area (Å²) in [4.78, 5) is 0.167. The van der Waals surface area contributed by atoms with E-state index in [2.05, 4.69) is 10.2 Å². The average molecular weight is 448 g/mol. The Hall–Kier alpha value is -2.26. The SMILES string of the molecule is CN(C)S(=O)(=O)c1cccc(-c2nnc(C3(c4cccc(Cl)c4)CCOCC3)o2)c1. The number of aromatic nitrogens is 2. The fourth-order valence-corrected chi connectivity index (χ4v) is 4.80. The maximum Gasteiger partial charge on any atom is 0.247 e. The third-order valence-corrected chi connectivity index (χ3v) is 7.46.